The topological polar surface area (TPSA) is 42.2 Å². The highest BCUT2D eigenvalue weighted by molar-refractivity contribution is 6.31. The summed E-state index contributed by atoms with van der Waals surface area (Å²) in [7, 11) is 1.75. The van der Waals surface area contributed by atoms with E-state index in [1.165, 1.54) is 6.07 Å². The van der Waals surface area contributed by atoms with Crippen LogP contribution in [0.5, 0.6) is 5.75 Å². The highest BCUT2D eigenvalue weighted by Crippen LogP contribution is 2.30. The first-order valence-electron chi connectivity index (χ1n) is 4.06. The molecule has 0 saturated carbocycles. The molecule has 72 valence electrons. The van der Waals surface area contributed by atoms with Crippen molar-refractivity contribution in [3.05, 3.63) is 28.9 Å². The highest BCUT2D eigenvalue weighted by Gasteiger charge is 2.09. The summed E-state index contributed by atoms with van der Waals surface area (Å²) in [6, 6.07) is 4.80. The van der Waals surface area contributed by atoms with E-state index in [0.29, 0.717) is 16.1 Å². The summed E-state index contributed by atoms with van der Waals surface area (Å²) in [6.45, 7) is 0. The first kappa shape index (κ1) is 9.09. The molecule has 0 radical (unpaired) electrons. The van der Waals surface area contributed by atoms with Crippen LogP contribution in [0.1, 0.15) is 10.5 Å². The van der Waals surface area contributed by atoms with Crippen molar-refractivity contribution in [1.82, 2.24) is 4.57 Å². The zero-order valence-electron chi connectivity index (χ0n) is 7.49. The fourth-order valence-electron chi connectivity index (χ4n) is 1.51. The molecule has 2 aromatic rings. The van der Waals surface area contributed by atoms with Crippen molar-refractivity contribution in [3.8, 4) is 5.75 Å². The second-order valence-corrected chi connectivity index (χ2v) is 3.54. The molecule has 0 aliphatic carbocycles. The number of carbonyl (C=O) groups excluding carboxylic acids is 1. The average molecular weight is 210 g/mol. The predicted molar refractivity (Wildman–Crippen MR) is 55.0 cm³/mol. The zero-order valence-corrected chi connectivity index (χ0v) is 8.25. The molecule has 0 spiro atoms. The Morgan fingerprint density at radius 3 is 2.79 bits per heavy atom. The summed E-state index contributed by atoms with van der Waals surface area (Å²) in [6.07, 6.45) is 0.743. The van der Waals surface area contributed by atoms with Gasteiger partial charge in [0.25, 0.3) is 0 Å². The Balaban J connectivity index is 2.91. The highest BCUT2D eigenvalue weighted by atomic mass is 35.5. The molecule has 0 saturated heterocycles. The number of fused-ring (bicyclic) bond motifs is 1. The van der Waals surface area contributed by atoms with E-state index in [-0.39, 0.29) is 5.75 Å². The summed E-state index contributed by atoms with van der Waals surface area (Å²) in [5.41, 5.74) is 1.26. The fraction of sp³-hybridized carbons (Fsp3) is 0.100. The predicted octanol–water partition coefficient (Wildman–Crippen LogP) is 2.35. The van der Waals surface area contributed by atoms with Gasteiger partial charge in [0.15, 0.2) is 6.29 Å². The molecule has 3 nitrogen and oxygen atoms in total. The summed E-state index contributed by atoms with van der Waals surface area (Å²) in [5, 5.41) is 10.7. The summed E-state index contributed by atoms with van der Waals surface area (Å²) >= 11 is 5.79. The second kappa shape index (κ2) is 3.03. The number of halogens is 1. The lowest BCUT2D eigenvalue weighted by molar-refractivity contribution is 0.111. The van der Waals surface area contributed by atoms with Gasteiger partial charge in [0, 0.05) is 17.5 Å². The number of aromatic nitrogens is 1. The molecule has 1 N–H and O–H groups in total. The fourth-order valence-corrected chi connectivity index (χ4v) is 1.72. The van der Waals surface area contributed by atoms with Crippen molar-refractivity contribution in [2.24, 2.45) is 7.05 Å². The third kappa shape index (κ3) is 1.17. The molecular weight excluding hydrogens is 202 g/mol. The summed E-state index contributed by atoms with van der Waals surface area (Å²) < 4.78 is 1.69. The molecule has 0 fully saturated rings. The molecular formula is C10H8ClNO2. The molecule has 0 bridgehead atoms. The number of rotatable bonds is 1. The number of benzene rings is 1. The standard InChI is InChI=1S/C10H8ClNO2/c1-12-7(5-13)4-8-9(12)2-6(11)3-10(8)14/h2-5,14H,1H3. The van der Waals surface area contributed by atoms with Gasteiger partial charge < -0.3 is 9.67 Å². The Bertz CT molecular complexity index is 516. The van der Waals surface area contributed by atoms with E-state index in [4.69, 9.17) is 11.6 Å². The van der Waals surface area contributed by atoms with E-state index in [0.717, 1.165) is 11.8 Å². The largest absolute Gasteiger partial charge is 0.507 e. The maximum atomic E-state index is 10.7. The van der Waals surface area contributed by atoms with Crippen LogP contribution in [0.4, 0.5) is 0 Å². The Labute approximate surface area is 85.5 Å². The second-order valence-electron chi connectivity index (χ2n) is 3.10. The Morgan fingerprint density at radius 2 is 2.14 bits per heavy atom. The first-order valence-corrected chi connectivity index (χ1v) is 4.44. The van der Waals surface area contributed by atoms with E-state index in [2.05, 4.69) is 0 Å². The maximum absolute atomic E-state index is 10.7. The van der Waals surface area contributed by atoms with Gasteiger partial charge in [-0.25, -0.2) is 0 Å². The molecule has 14 heavy (non-hydrogen) atoms. The van der Waals surface area contributed by atoms with E-state index < -0.39 is 0 Å². The Morgan fingerprint density at radius 1 is 1.43 bits per heavy atom. The lowest BCUT2D eigenvalue weighted by Gasteiger charge is -1.99. The van der Waals surface area contributed by atoms with Crippen LogP contribution in [0.25, 0.3) is 10.9 Å². The van der Waals surface area contributed by atoms with Gasteiger partial charge in [-0.05, 0) is 18.2 Å². The first-order chi connectivity index (χ1) is 6.63. The van der Waals surface area contributed by atoms with E-state index >= 15 is 0 Å². The van der Waals surface area contributed by atoms with Crippen molar-refractivity contribution in [1.29, 1.82) is 0 Å². The quantitative estimate of drug-likeness (QED) is 0.733. The van der Waals surface area contributed by atoms with Crippen LogP contribution in [0.3, 0.4) is 0 Å². The SMILES string of the molecule is Cn1c(C=O)cc2c(O)cc(Cl)cc21. The smallest absolute Gasteiger partial charge is 0.166 e. The van der Waals surface area contributed by atoms with Crippen LogP contribution in [-0.4, -0.2) is 16.0 Å². The zero-order chi connectivity index (χ0) is 10.3. The minimum atomic E-state index is 0.0937. The van der Waals surface area contributed by atoms with Crippen LogP contribution in [0.2, 0.25) is 5.02 Å². The number of carbonyl (C=O) groups is 1. The van der Waals surface area contributed by atoms with Crippen LogP contribution in [0.15, 0.2) is 18.2 Å². The van der Waals surface area contributed by atoms with Crippen LogP contribution in [0, 0.1) is 0 Å². The van der Waals surface area contributed by atoms with Crippen molar-refractivity contribution in [3.63, 3.8) is 0 Å². The third-order valence-electron chi connectivity index (χ3n) is 2.26. The number of phenols is 1. The molecule has 1 aromatic carbocycles. The normalized spacial score (nSPS) is 10.7. The summed E-state index contributed by atoms with van der Waals surface area (Å²) in [5.74, 6) is 0.0937. The number of nitrogens with zero attached hydrogens (tertiary/aromatic N) is 1. The average Bonchev–Trinajstić information content (AvgIpc) is 2.44. The van der Waals surface area contributed by atoms with Gasteiger partial charge in [0.2, 0.25) is 0 Å². The molecule has 0 aliphatic rings. The van der Waals surface area contributed by atoms with Crippen LogP contribution >= 0.6 is 11.6 Å². The number of aryl methyl sites for hydroxylation is 1. The van der Waals surface area contributed by atoms with Gasteiger partial charge in [-0.15, -0.1) is 0 Å². The third-order valence-corrected chi connectivity index (χ3v) is 2.48. The minimum absolute atomic E-state index is 0.0937. The molecule has 0 atom stereocenters. The molecule has 0 unspecified atom stereocenters. The maximum Gasteiger partial charge on any atom is 0.166 e. The van der Waals surface area contributed by atoms with Crippen LogP contribution in [-0.2, 0) is 7.05 Å². The van der Waals surface area contributed by atoms with E-state index in [1.54, 1.807) is 23.7 Å². The van der Waals surface area contributed by atoms with Crippen LogP contribution < -0.4 is 0 Å². The number of hydrogen-bond donors (Lipinski definition) is 1. The molecule has 0 amide bonds. The number of aromatic hydroxyl groups is 1. The lowest BCUT2D eigenvalue weighted by Crippen LogP contribution is -1.92. The Hall–Kier alpha value is -1.48. The lowest BCUT2D eigenvalue weighted by atomic mass is 10.2. The Kier molecular flexibility index (Phi) is 1.97. The van der Waals surface area contributed by atoms with Crippen molar-refractivity contribution in [2.75, 3.05) is 0 Å². The molecule has 1 heterocycles. The van der Waals surface area contributed by atoms with Gasteiger partial charge in [-0.2, -0.15) is 0 Å². The monoisotopic (exact) mass is 209 g/mol. The molecule has 0 aliphatic heterocycles. The van der Waals surface area contributed by atoms with Gasteiger partial charge in [-0.1, -0.05) is 11.6 Å². The number of aldehydes is 1. The van der Waals surface area contributed by atoms with Crippen molar-refractivity contribution in [2.45, 2.75) is 0 Å². The number of hydrogen-bond acceptors (Lipinski definition) is 2. The van der Waals surface area contributed by atoms with E-state index in [1.807, 2.05) is 0 Å². The van der Waals surface area contributed by atoms with Gasteiger partial charge >= 0.3 is 0 Å². The van der Waals surface area contributed by atoms with Gasteiger partial charge in [0.05, 0.1) is 11.2 Å². The van der Waals surface area contributed by atoms with E-state index in [9.17, 15) is 9.90 Å². The van der Waals surface area contributed by atoms with Gasteiger partial charge in [0.1, 0.15) is 5.75 Å². The van der Waals surface area contributed by atoms with Crippen molar-refractivity contribution < 1.29 is 9.90 Å². The molecule has 2 rings (SSSR count). The molecule has 1 aromatic heterocycles. The molecule has 4 heteroatoms. The van der Waals surface area contributed by atoms with Crippen molar-refractivity contribution >= 4 is 28.8 Å². The minimum Gasteiger partial charge on any atom is -0.507 e. The van der Waals surface area contributed by atoms with Gasteiger partial charge in [-0.3, -0.25) is 4.79 Å². The number of phenolic OH excluding ortho intramolecular Hbond substituents is 1. The summed E-state index contributed by atoms with van der Waals surface area (Å²) in [4.78, 5) is 10.7.